The van der Waals surface area contributed by atoms with Crippen molar-refractivity contribution >= 4 is 33.3 Å². The number of thiophene rings is 1. The van der Waals surface area contributed by atoms with Crippen LogP contribution in [0.1, 0.15) is 53.9 Å². The van der Waals surface area contributed by atoms with Gasteiger partial charge in [0.1, 0.15) is 22.0 Å². The smallest absolute Gasteiger partial charge is 0.197 e. The van der Waals surface area contributed by atoms with Gasteiger partial charge in [0.25, 0.3) is 0 Å². The predicted octanol–water partition coefficient (Wildman–Crippen LogP) is 4.26. The summed E-state index contributed by atoms with van der Waals surface area (Å²) < 4.78 is 2.38. The van der Waals surface area contributed by atoms with E-state index in [-0.39, 0.29) is 0 Å². The summed E-state index contributed by atoms with van der Waals surface area (Å²) in [5.41, 5.74) is 1.29. The Hall–Kier alpha value is -1.47. The van der Waals surface area contributed by atoms with Crippen molar-refractivity contribution in [3.8, 4) is 0 Å². The second kappa shape index (κ2) is 5.01. The van der Waals surface area contributed by atoms with Crippen LogP contribution in [-0.4, -0.2) is 24.7 Å². The maximum absolute atomic E-state index is 4.54. The molecule has 0 N–H and O–H groups in total. The van der Waals surface area contributed by atoms with Gasteiger partial charge in [-0.1, -0.05) is 0 Å². The van der Waals surface area contributed by atoms with E-state index in [0.717, 1.165) is 15.0 Å². The van der Waals surface area contributed by atoms with Gasteiger partial charge in [0, 0.05) is 22.2 Å². The zero-order chi connectivity index (χ0) is 15.6. The molecule has 7 heteroatoms. The van der Waals surface area contributed by atoms with Crippen LogP contribution < -0.4 is 0 Å². The number of hydrogen-bond acceptors (Lipinski definition) is 6. The Bertz CT molecular complexity index is 905. The van der Waals surface area contributed by atoms with E-state index < -0.39 is 0 Å². The first-order valence-electron chi connectivity index (χ1n) is 8.05. The van der Waals surface area contributed by atoms with Gasteiger partial charge in [-0.25, -0.2) is 9.97 Å². The minimum Gasteiger partial charge on any atom is -0.302 e. The highest BCUT2D eigenvalue weighted by atomic mass is 32.2. The standard InChI is InChI=1S/C16H17N5S2/c1-8-9(2)22-14-12(8)15(18-7-17-14)23-16-20-19-13(10-3-4-10)21(16)11-5-6-11/h7,10-11H,3-6H2,1-2H3. The van der Waals surface area contributed by atoms with Crippen molar-refractivity contribution in [2.75, 3.05) is 0 Å². The van der Waals surface area contributed by atoms with Gasteiger partial charge in [-0.3, -0.25) is 0 Å². The zero-order valence-corrected chi connectivity index (χ0v) is 14.7. The zero-order valence-electron chi connectivity index (χ0n) is 13.1. The number of aryl methyl sites for hydroxylation is 2. The molecule has 0 amide bonds. The Morgan fingerprint density at radius 3 is 2.70 bits per heavy atom. The summed E-state index contributed by atoms with van der Waals surface area (Å²) in [5.74, 6) is 1.83. The number of hydrogen-bond donors (Lipinski definition) is 0. The maximum atomic E-state index is 4.54. The molecule has 0 bridgehead atoms. The Labute approximate surface area is 142 Å². The van der Waals surface area contributed by atoms with E-state index in [4.69, 9.17) is 0 Å². The molecule has 0 unspecified atom stereocenters. The van der Waals surface area contributed by atoms with E-state index in [0.29, 0.717) is 12.0 Å². The molecule has 2 aliphatic rings. The van der Waals surface area contributed by atoms with Crippen molar-refractivity contribution in [3.63, 3.8) is 0 Å². The maximum Gasteiger partial charge on any atom is 0.197 e. The molecule has 0 radical (unpaired) electrons. The van der Waals surface area contributed by atoms with Crippen molar-refractivity contribution in [1.29, 1.82) is 0 Å². The summed E-state index contributed by atoms with van der Waals surface area (Å²) in [5, 5.41) is 12.2. The molecule has 5 rings (SSSR count). The molecule has 3 heterocycles. The van der Waals surface area contributed by atoms with E-state index in [2.05, 4.69) is 38.6 Å². The van der Waals surface area contributed by atoms with Crippen LogP contribution in [0.2, 0.25) is 0 Å². The fourth-order valence-corrected chi connectivity index (χ4v) is 5.08. The molecule has 3 aromatic rings. The molecule has 0 saturated heterocycles. The third-order valence-corrected chi connectivity index (χ3v) is 6.74. The average Bonchev–Trinajstić information content (AvgIpc) is 3.46. The lowest BCUT2D eigenvalue weighted by Crippen LogP contribution is -2.02. The van der Waals surface area contributed by atoms with E-state index in [9.17, 15) is 0 Å². The van der Waals surface area contributed by atoms with Crippen LogP contribution in [0.5, 0.6) is 0 Å². The molecular formula is C16H17N5S2. The van der Waals surface area contributed by atoms with Crippen LogP contribution in [0, 0.1) is 13.8 Å². The van der Waals surface area contributed by atoms with Crippen molar-refractivity contribution in [3.05, 3.63) is 22.6 Å². The quantitative estimate of drug-likeness (QED) is 0.662. The topological polar surface area (TPSA) is 56.5 Å². The summed E-state index contributed by atoms with van der Waals surface area (Å²) in [6.45, 7) is 4.30. The molecule has 5 nitrogen and oxygen atoms in total. The predicted molar refractivity (Wildman–Crippen MR) is 91.3 cm³/mol. The average molecular weight is 343 g/mol. The largest absolute Gasteiger partial charge is 0.302 e. The lowest BCUT2D eigenvalue weighted by atomic mass is 10.2. The van der Waals surface area contributed by atoms with Gasteiger partial charge in [-0.05, 0) is 56.9 Å². The highest BCUT2D eigenvalue weighted by Gasteiger charge is 2.36. The van der Waals surface area contributed by atoms with Crippen LogP contribution in [0.25, 0.3) is 10.2 Å². The molecule has 0 aliphatic heterocycles. The van der Waals surface area contributed by atoms with Crippen molar-refractivity contribution in [1.82, 2.24) is 24.7 Å². The fraction of sp³-hybridized carbons (Fsp3) is 0.500. The molecule has 0 spiro atoms. The molecule has 23 heavy (non-hydrogen) atoms. The molecule has 118 valence electrons. The number of nitrogens with zero attached hydrogens (tertiary/aromatic N) is 5. The first-order valence-corrected chi connectivity index (χ1v) is 9.69. The van der Waals surface area contributed by atoms with Crippen molar-refractivity contribution < 1.29 is 0 Å². The number of aromatic nitrogens is 5. The van der Waals surface area contributed by atoms with Crippen LogP contribution >= 0.6 is 23.1 Å². The second-order valence-corrected chi connectivity index (χ2v) is 8.62. The first-order chi connectivity index (χ1) is 11.2. The van der Waals surface area contributed by atoms with Gasteiger partial charge in [0.15, 0.2) is 5.16 Å². The lowest BCUT2D eigenvalue weighted by molar-refractivity contribution is 0.626. The summed E-state index contributed by atoms with van der Waals surface area (Å²) in [4.78, 5) is 11.4. The van der Waals surface area contributed by atoms with Crippen molar-refractivity contribution in [2.45, 2.75) is 61.7 Å². The highest BCUT2D eigenvalue weighted by molar-refractivity contribution is 7.99. The number of rotatable bonds is 4. The monoisotopic (exact) mass is 343 g/mol. The van der Waals surface area contributed by atoms with E-state index >= 15 is 0 Å². The van der Waals surface area contributed by atoms with E-state index in [1.165, 1.54) is 47.3 Å². The summed E-state index contributed by atoms with van der Waals surface area (Å²) in [7, 11) is 0. The Morgan fingerprint density at radius 1 is 1.13 bits per heavy atom. The minimum atomic E-state index is 0.603. The molecule has 2 fully saturated rings. The van der Waals surface area contributed by atoms with Crippen LogP contribution in [-0.2, 0) is 0 Å². The molecule has 2 aliphatic carbocycles. The minimum absolute atomic E-state index is 0.603. The molecule has 3 aromatic heterocycles. The van der Waals surface area contributed by atoms with Crippen LogP contribution in [0.4, 0.5) is 0 Å². The molecular weight excluding hydrogens is 326 g/mol. The summed E-state index contributed by atoms with van der Waals surface area (Å²) >= 11 is 3.39. The van der Waals surface area contributed by atoms with Gasteiger partial charge in [-0.15, -0.1) is 21.5 Å². The van der Waals surface area contributed by atoms with Crippen LogP contribution in [0.15, 0.2) is 16.5 Å². The van der Waals surface area contributed by atoms with E-state index in [1.807, 2.05) is 0 Å². The fourth-order valence-electron chi connectivity index (χ4n) is 2.97. The number of fused-ring (bicyclic) bond motifs is 1. The van der Waals surface area contributed by atoms with Crippen LogP contribution in [0.3, 0.4) is 0 Å². The Kier molecular flexibility index (Phi) is 3.03. The normalized spacial score (nSPS) is 18.0. The first kappa shape index (κ1) is 13.9. The van der Waals surface area contributed by atoms with Crippen molar-refractivity contribution in [2.24, 2.45) is 0 Å². The third kappa shape index (κ3) is 2.29. The molecule has 0 aromatic carbocycles. The van der Waals surface area contributed by atoms with Gasteiger partial charge >= 0.3 is 0 Å². The lowest BCUT2D eigenvalue weighted by Gasteiger charge is -2.08. The Morgan fingerprint density at radius 2 is 1.96 bits per heavy atom. The molecule has 0 atom stereocenters. The third-order valence-electron chi connectivity index (χ3n) is 4.66. The summed E-state index contributed by atoms with van der Waals surface area (Å²) in [6, 6.07) is 0.603. The summed E-state index contributed by atoms with van der Waals surface area (Å²) in [6.07, 6.45) is 6.69. The van der Waals surface area contributed by atoms with Gasteiger partial charge in [-0.2, -0.15) is 0 Å². The second-order valence-electron chi connectivity index (χ2n) is 6.46. The van der Waals surface area contributed by atoms with Gasteiger partial charge in [0.05, 0.1) is 0 Å². The van der Waals surface area contributed by atoms with Gasteiger partial charge < -0.3 is 4.57 Å². The van der Waals surface area contributed by atoms with Gasteiger partial charge in [0.2, 0.25) is 0 Å². The molecule has 2 saturated carbocycles. The Balaban J connectivity index is 1.60. The SMILES string of the molecule is Cc1sc2ncnc(Sc3nnc(C4CC4)n3C3CC3)c2c1C. The highest BCUT2D eigenvalue weighted by Crippen LogP contribution is 2.47. The van der Waals surface area contributed by atoms with E-state index in [1.54, 1.807) is 29.4 Å².